The summed E-state index contributed by atoms with van der Waals surface area (Å²) in [5.74, 6) is 2.43. The number of amides is 1. The molecule has 1 saturated carbocycles. The van der Waals surface area contributed by atoms with Gasteiger partial charge in [-0.25, -0.2) is 4.39 Å². The van der Waals surface area contributed by atoms with Crippen LogP contribution in [0, 0.1) is 11.7 Å². The minimum absolute atomic E-state index is 0.101. The largest absolute Gasteiger partial charge is 0.375 e. The van der Waals surface area contributed by atoms with E-state index in [9.17, 15) is 9.18 Å². The second kappa shape index (κ2) is 8.69. The van der Waals surface area contributed by atoms with Gasteiger partial charge in [0, 0.05) is 32.0 Å². The average molecular weight is 428 g/mol. The third-order valence-electron chi connectivity index (χ3n) is 7.30. The first kappa shape index (κ1) is 20.6. The predicted molar refractivity (Wildman–Crippen MR) is 112 cm³/mol. The van der Waals surface area contributed by atoms with Crippen LogP contribution in [0.1, 0.15) is 68.1 Å². The first-order valence-electron chi connectivity index (χ1n) is 11.6. The van der Waals surface area contributed by atoms with Crippen LogP contribution in [0.2, 0.25) is 0 Å². The fourth-order valence-electron chi connectivity index (χ4n) is 5.13. The number of carbonyl (C=O) groups excluding carboxylic acids is 1. The molecule has 1 amide bonds. The molecule has 1 atom stereocenters. The van der Waals surface area contributed by atoms with Crippen molar-refractivity contribution in [3.8, 4) is 0 Å². The number of carbonyl (C=O) groups is 1. The van der Waals surface area contributed by atoms with Crippen molar-refractivity contribution in [3.63, 3.8) is 0 Å². The van der Waals surface area contributed by atoms with E-state index in [1.54, 1.807) is 12.1 Å². The number of hydrogen-bond acceptors (Lipinski definition) is 5. The maximum Gasteiger partial charge on any atom is 0.229 e. The Morgan fingerprint density at radius 3 is 2.65 bits per heavy atom. The molecule has 2 aromatic rings. The van der Waals surface area contributed by atoms with Crippen LogP contribution < -0.4 is 0 Å². The monoisotopic (exact) mass is 427 g/mol. The fraction of sp³-hybridized carbons (Fsp3) is 0.625. The van der Waals surface area contributed by atoms with Crippen LogP contribution in [-0.4, -0.2) is 46.2 Å². The van der Waals surface area contributed by atoms with Gasteiger partial charge in [0.15, 0.2) is 5.82 Å². The molecule has 1 aromatic heterocycles. The van der Waals surface area contributed by atoms with Gasteiger partial charge in [-0.3, -0.25) is 4.79 Å². The quantitative estimate of drug-likeness (QED) is 0.720. The molecule has 3 heterocycles. The Morgan fingerprint density at radius 1 is 1.16 bits per heavy atom. The Balaban J connectivity index is 1.13. The number of nitrogens with zero attached hydrogens (tertiary/aromatic N) is 3. The lowest BCUT2D eigenvalue weighted by atomic mass is 9.78. The molecule has 0 radical (unpaired) electrons. The van der Waals surface area contributed by atoms with E-state index in [1.165, 1.54) is 31.4 Å². The standard InChI is InChI=1S/C24H30FN3O3/c25-20-6-4-17(5-7-20)15-22(29)28-11-9-24(10-12-28)16-18(8-13-30-24)14-21-26-23(31-27-21)19-2-1-3-19/h4-7,18-19H,1-3,8-16H2. The Bertz CT molecular complexity index is 901. The van der Waals surface area contributed by atoms with E-state index in [0.29, 0.717) is 31.3 Å². The van der Waals surface area contributed by atoms with Gasteiger partial charge in [0.1, 0.15) is 5.82 Å². The van der Waals surface area contributed by atoms with Crippen molar-refractivity contribution in [2.45, 2.75) is 69.3 Å². The van der Waals surface area contributed by atoms with Crippen LogP contribution in [-0.2, 0) is 22.4 Å². The van der Waals surface area contributed by atoms with Crippen molar-refractivity contribution in [3.05, 3.63) is 47.4 Å². The average Bonchev–Trinajstić information content (AvgIpc) is 3.16. The van der Waals surface area contributed by atoms with E-state index in [1.807, 2.05) is 4.90 Å². The second-order valence-corrected chi connectivity index (χ2v) is 9.46. The maximum atomic E-state index is 13.1. The molecule has 0 N–H and O–H groups in total. The van der Waals surface area contributed by atoms with Gasteiger partial charge in [0.05, 0.1) is 12.0 Å². The molecule has 1 aliphatic carbocycles. The summed E-state index contributed by atoms with van der Waals surface area (Å²) in [6.45, 7) is 2.17. The lowest BCUT2D eigenvalue weighted by Crippen LogP contribution is -2.51. The number of benzene rings is 1. The molecule has 3 fully saturated rings. The summed E-state index contributed by atoms with van der Waals surface area (Å²) in [5.41, 5.74) is 0.706. The smallest absolute Gasteiger partial charge is 0.229 e. The van der Waals surface area contributed by atoms with Gasteiger partial charge in [-0.15, -0.1) is 0 Å². The number of hydrogen-bond donors (Lipinski definition) is 0. The van der Waals surface area contributed by atoms with E-state index < -0.39 is 0 Å². The Morgan fingerprint density at radius 2 is 1.94 bits per heavy atom. The van der Waals surface area contributed by atoms with Crippen LogP contribution in [0.15, 0.2) is 28.8 Å². The van der Waals surface area contributed by atoms with Crippen LogP contribution in [0.3, 0.4) is 0 Å². The molecule has 2 aliphatic heterocycles. The van der Waals surface area contributed by atoms with Crippen LogP contribution in [0.5, 0.6) is 0 Å². The van der Waals surface area contributed by atoms with Gasteiger partial charge in [-0.2, -0.15) is 4.98 Å². The zero-order chi connectivity index (χ0) is 21.3. The summed E-state index contributed by atoms with van der Waals surface area (Å²) in [7, 11) is 0. The molecular formula is C24H30FN3O3. The summed E-state index contributed by atoms with van der Waals surface area (Å²) in [5, 5.41) is 4.22. The molecule has 6 nitrogen and oxygen atoms in total. The maximum absolute atomic E-state index is 13.1. The van der Waals surface area contributed by atoms with Crippen LogP contribution >= 0.6 is 0 Å². The molecule has 7 heteroatoms. The summed E-state index contributed by atoms with van der Waals surface area (Å²) < 4.78 is 24.8. The zero-order valence-corrected chi connectivity index (χ0v) is 17.9. The highest BCUT2D eigenvalue weighted by Gasteiger charge is 2.41. The molecule has 2 saturated heterocycles. The lowest BCUT2D eigenvalue weighted by Gasteiger charge is -2.46. The number of aromatic nitrogens is 2. The van der Waals surface area contributed by atoms with Gasteiger partial charge in [0.25, 0.3) is 0 Å². The van der Waals surface area contributed by atoms with Crippen LogP contribution in [0.4, 0.5) is 4.39 Å². The summed E-state index contributed by atoms with van der Waals surface area (Å²) in [6.07, 6.45) is 8.47. The number of halogens is 1. The van der Waals surface area contributed by atoms with Crippen molar-refractivity contribution in [2.75, 3.05) is 19.7 Å². The predicted octanol–water partition coefficient (Wildman–Crippen LogP) is 4.05. The first-order valence-corrected chi connectivity index (χ1v) is 11.6. The van der Waals surface area contributed by atoms with Crippen molar-refractivity contribution in [1.82, 2.24) is 15.0 Å². The highest BCUT2D eigenvalue weighted by Crippen LogP contribution is 2.39. The third kappa shape index (κ3) is 4.66. The summed E-state index contributed by atoms with van der Waals surface area (Å²) in [6, 6.07) is 6.18. The Kier molecular flexibility index (Phi) is 5.78. The van der Waals surface area contributed by atoms with Gasteiger partial charge in [0.2, 0.25) is 11.8 Å². The molecule has 166 valence electrons. The molecule has 1 spiro atoms. The second-order valence-electron chi connectivity index (χ2n) is 9.46. The fourth-order valence-corrected chi connectivity index (χ4v) is 5.13. The lowest BCUT2D eigenvalue weighted by molar-refractivity contribution is -0.146. The topological polar surface area (TPSA) is 68.5 Å². The van der Waals surface area contributed by atoms with E-state index in [2.05, 4.69) is 10.1 Å². The Labute approximate surface area is 182 Å². The van der Waals surface area contributed by atoms with Crippen molar-refractivity contribution in [2.24, 2.45) is 5.92 Å². The van der Waals surface area contributed by atoms with Gasteiger partial charge >= 0.3 is 0 Å². The summed E-state index contributed by atoms with van der Waals surface area (Å²) in [4.78, 5) is 19.2. The van der Waals surface area contributed by atoms with Gasteiger partial charge in [-0.1, -0.05) is 23.7 Å². The minimum Gasteiger partial charge on any atom is -0.375 e. The van der Waals surface area contributed by atoms with E-state index in [-0.39, 0.29) is 17.3 Å². The van der Waals surface area contributed by atoms with E-state index >= 15 is 0 Å². The van der Waals surface area contributed by atoms with Crippen molar-refractivity contribution < 1.29 is 18.4 Å². The molecule has 0 bridgehead atoms. The normalized spacial score (nSPS) is 23.6. The minimum atomic E-state index is -0.278. The molecule has 3 aliphatic rings. The number of rotatable bonds is 5. The zero-order valence-electron chi connectivity index (χ0n) is 17.9. The third-order valence-corrected chi connectivity index (χ3v) is 7.30. The van der Waals surface area contributed by atoms with E-state index in [0.717, 1.165) is 56.0 Å². The molecule has 1 unspecified atom stereocenters. The van der Waals surface area contributed by atoms with Gasteiger partial charge < -0.3 is 14.2 Å². The van der Waals surface area contributed by atoms with Crippen molar-refractivity contribution in [1.29, 1.82) is 0 Å². The highest BCUT2D eigenvalue weighted by molar-refractivity contribution is 5.78. The molecule has 5 rings (SSSR count). The Hall–Kier alpha value is -2.28. The van der Waals surface area contributed by atoms with Gasteiger partial charge in [-0.05, 0) is 62.1 Å². The number of ether oxygens (including phenoxy) is 1. The number of piperidine rings is 1. The highest BCUT2D eigenvalue weighted by atomic mass is 19.1. The summed E-state index contributed by atoms with van der Waals surface area (Å²) >= 11 is 0. The SMILES string of the molecule is O=C(Cc1ccc(F)cc1)N1CCC2(CC1)CC(Cc1noc(C3CCC3)n1)CCO2. The molecule has 31 heavy (non-hydrogen) atoms. The molecule has 1 aromatic carbocycles. The van der Waals surface area contributed by atoms with E-state index in [4.69, 9.17) is 9.26 Å². The van der Waals surface area contributed by atoms with Crippen molar-refractivity contribution >= 4 is 5.91 Å². The molecular weight excluding hydrogens is 397 g/mol. The first-order chi connectivity index (χ1) is 15.1. The van der Waals surface area contributed by atoms with Crippen LogP contribution in [0.25, 0.3) is 0 Å². The number of likely N-dealkylation sites (tertiary alicyclic amines) is 1.